The first kappa shape index (κ1) is 13.3. The molecule has 100 valence electrons. The SMILES string of the molecule is CN(C1CCC1)S(=O)(=O)N1CCCCC1CO. The molecule has 1 saturated carbocycles. The molecule has 1 aliphatic carbocycles. The number of rotatable bonds is 4. The van der Waals surface area contributed by atoms with Crippen molar-refractivity contribution in [2.75, 3.05) is 20.2 Å². The fourth-order valence-corrected chi connectivity index (χ4v) is 4.39. The number of hydrogen-bond acceptors (Lipinski definition) is 3. The number of nitrogens with zero attached hydrogens (tertiary/aromatic N) is 2. The molecule has 1 atom stereocenters. The van der Waals surface area contributed by atoms with Gasteiger partial charge in [-0.2, -0.15) is 17.0 Å². The van der Waals surface area contributed by atoms with Crippen molar-refractivity contribution in [2.45, 2.75) is 50.6 Å². The first-order valence-corrected chi connectivity index (χ1v) is 7.82. The molecule has 0 spiro atoms. The highest BCUT2D eigenvalue weighted by Crippen LogP contribution is 2.29. The molecule has 1 saturated heterocycles. The summed E-state index contributed by atoms with van der Waals surface area (Å²) in [6.07, 6.45) is 5.72. The molecule has 0 aromatic heterocycles. The summed E-state index contributed by atoms with van der Waals surface area (Å²) in [5.74, 6) is 0. The van der Waals surface area contributed by atoms with Crippen LogP contribution in [0.2, 0.25) is 0 Å². The van der Waals surface area contributed by atoms with E-state index in [-0.39, 0.29) is 18.7 Å². The molecule has 0 bridgehead atoms. The minimum absolute atomic E-state index is 0.0717. The van der Waals surface area contributed by atoms with Gasteiger partial charge in [0, 0.05) is 25.7 Å². The van der Waals surface area contributed by atoms with E-state index >= 15 is 0 Å². The zero-order chi connectivity index (χ0) is 12.5. The predicted molar refractivity (Wildman–Crippen MR) is 65.8 cm³/mol. The van der Waals surface area contributed by atoms with E-state index in [9.17, 15) is 13.5 Å². The fraction of sp³-hybridized carbons (Fsp3) is 1.00. The number of hydrogen-bond donors (Lipinski definition) is 1. The van der Waals surface area contributed by atoms with Crippen molar-refractivity contribution >= 4 is 10.2 Å². The molecule has 1 N–H and O–H groups in total. The predicted octanol–water partition coefficient (Wildman–Crippen LogP) is 0.562. The molecule has 0 aromatic carbocycles. The molecule has 0 aromatic rings. The lowest BCUT2D eigenvalue weighted by Gasteiger charge is -2.40. The lowest BCUT2D eigenvalue weighted by molar-refractivity contribution is 0.141. The molecule has 2 aliphatic rings. The van der Waals surface area contributed by atoms with E-state index in [1.807, 2.05) is 0 Å². The Morgan fingerprint density at radius 1 is 1.24 bits per heavy atom. The van der Waals surface area contributed by atoms with E-state index in [4.69, 9.17) is 0 Å². The van der Waals surface area contributed by atoms with E-state index in [1.54, 1.807) is 7.05 Å². The minimum atomic E-state index is -3.38. The number of aliphatic hydroxyl groups excluding tert-OH is 1. The smallest absolute Gasteiger partial charge is 0.282 e. The summed E-state index contributed by atoms with van der Waals surface area (Å²) in [4.78, 5) is 0. The molecule has 2 fully saturated rings. The Bertz CT molecular complexity index is 354. The molecule has 1 unspecified atom stereocenters. The summed E-state index contributed by atoms with van der Waals surface area (Å²) in [5, 5.41) is 9.29. The summed E-state index contributed by atoms with van der Waals surface area (Å²) in [6, 6.07) is -0.0578. The van der Waals surface area contributed by atoms with Crippen molar-refractivity contribution < 1.29 is 13.5 Å². The molecule has 1 aliphatic heterocycles. The average molecular weight is 262 g/mol. The Kier molecular flexibility index (Phi) is 4.07. The number of piperidine rings is 1. The van der Waals surface area contributed by atoms with Gasteiger partial charge in [0.25, 0.3) is 10.2 Å². The first-order chi connectivity index (χ1) is 8.07. The second-order valence-corrected chi connectivity index (χ2v) is 6.99. The third-order valence-electron chi connectivity index (χ3n) is 4.03. The highest BCUT2D eigenvalue weighted by molar-refractivity contribution is 7.86. The molecule has 0 radical (unpaired) electrons. The standard InChI is InChI=1S/C11H22N2O3S/c1-12(10-6-4-7-10)17(15,16)13-8-3-2-5-11(13)9-14/h10-11,14H,2-9H2,1H3. The van der Waals surface area contributed by atoms with Gasteiger partial charge in [0.1, 0.15) is 0 Å². The highest BCUT2D eigenvalue weighted by atomic mass is 32.2. The summed E-state index contributed by atoms with van der Waals surface area (Å²) < 4.78 is 27.9. The van der Waals surface area contributed by atoms with Gasteiger partial charge in [-0.25, -0.2) is 0 Å². The van der Waals surface area contributed by atoms with Gasteiger partial charge in [-0.1, -0.05) is 12.8 Å². The van der Waals surface area contributed by atoms with E-state index in [0.29, 0.717) is 6.54 Å². The van der Waals surface area contributed by atoms with Crippen LogP contribution in [0.1, 0.15) is 38.5 Å². The fourth-order valence-electron chi connectivity index (χ4n) is 2.56. The van der Waals surface area contributed by atoms with E-state index in [1.165, 1.54) is 8.61 Å². The van der Waals surface area contributed by atoms with Gasteiger partial charge < -0.3 is 5.11 Å². The van der Waals surface area contributed by atoms with Crippen LogP contribution in [0.25, 0.3) is 0 Å². The normalized spacial score (nSPS) is 28.3. The van der Waals surface area contributed by atoms with Crippen LogP contribution in [0.15, 0.2) is 0 Å². The Balaban J connectivity index is 2.11. The van der Waals surface area contributed by atoms with Gasteiger partial charge in [0.15, 0.2) is 0 Å². The van der Waals surface area contributed by atoms with Crippen molar-refractivity contribution in [3.63, 3.8) is 0 Å². The van der Waals surface area contributed by atoms with Gasteiger partial charge in [-0.05, 0) is 25.7 Å². The minimum Gasteiger partial charge on any atom is -0.395 e. The zero-order valence-electron chi connectivity index (χ0n) is 10.4. The third-order valence-corrected chi connectivity index (χ3v) is 6.13. The third kappa shape index (κ3) is 2.50. The second-order valence-electron chi connectivity index (χ2n) is 5.05. The lowest BCUT2D eigenvalue weighted by Crippen LogP contribution is -2.54. The van der Waals surface area contributed by atoms with Crippen molar-refractivity contribution in [1.82, 2.24) is 8.61 Å². The average Bonchev–Trinajstić information content (AvgIpc) is 2.26. The van der Waals surface area contributed by atoms with Gasteiger partial charge in [0.2, 0.25) is 0 Å². The molecular formula is C11H22N2O3S. The van der Waals surface area contributed by atoms with Crippen LogP contribution in [0, 0.1) is 0 Å². The van der Waals surface area contributed by atoms with Crippen LogP contribution < -0.4 is 0 Å². The maximum atomic E-state index is 12.4. The summed E-state index contributed by atoms with van der Waals surface area (Å²) in [7, 11) is -1.71. The monoisotopic (exact) mass is 262 g/mol. The zero-order valence-corrected chi connectivity index (χ0v) is 11.2. The molecule has 1 heterocycles. The van der Waals surface area contributed by atoms with Crippen LogP contribution in [-0.4, -0.2) is 54.4 Å². The van der Waals surface area contributed by atoms with Gasteiger partial charge in [0.05, 0.1) is 6.61 Å². The summed E-state index contributed by atoms with van der Waals surface area (Å²) >= 11 is 0. The Morgan fingerprint density at radius 2 is 1.94 bits per heavy atom. The Morgan fingerprint density at radius 3 is 2.47 bits per heavy atom. The van der Waals surface area contributed by atoms with Crippen LogP contribution in [-0.2, 0) is 10.2 Å². The molecule has 2 rings (SSSR count). The van der Waals surface area contributed by atoms with Crippen molar-refractivity contribution in [1.29, 1.82) is 0 Å². The van der Waals surface area contributed by atoms with Crippen molar-refractivity contribution in [3.8, 4) is 0 Å². The molecule has 0 amide bonds. The first-order valence-electron chi connectivity index (χ1n) is 6.43. The molecule has 17 heavy (non-hydrogen) atoms. The second kappa shape index (κ2) is 5.22. The van der Waals surface area contributed by atoms with Gasteiger partial charge in [-0.15, -0.1) is 0 Å². The maximum Gasteiger partial charge on any atom is 0.282 e. The molecular weight excluding hydrogens is 240 g/mol. The van der Waals surface area contributed by atoms with Gasteiger partial charge in [-0.3, -0.25) is 0 Å². The van der Waals surface area contributed by atoms with Crippen LogP contribution in [0.4, 0.5) is 0 Å². The highest BCUT2D eigenvalue weighted by Gasteiger charge is 2.38. The quantitative estimate of drug-likeness (QED) is 0.805. The van der Waals surface area contributed by atoms with E-state index in [2.05, 4.69) is 0 Å². The molecule has 5 nitrogen and oxygen atoms in total. The Labute approximate surface area is 104 Å². The lowest BCUT2D eigenvalue weighted by atomic mass is 9.94. The van der Waals surface area contributed by atoms with Crippen LogP contribution in [0.5, 0.6) is 0 Å². The molecule has 6 heteroatoms. The largest absolute Gasteiger partial charge is 0.395 e. The van der Waals surface area contributed by atoms with Gasteiger partial charge >= 0.3 is 0 Å². The topological polar surface area (TPSA) is 60.9 Å². The number of aliphatic hydroxyl groups is 1. The Hall–Kier alpha value is -0.170. The van der Waals surface area contributed by atoms with Crippen molar-refractivity contribution in [2.24, 2.45) is 0 Å². The maximum absolute atomic E-state index is 12.4. The van der Waals surface area contributed by atoms with E-state index in [0.717, 1.165) is 38.5 Å². The van der Waals surface area contributed by atoms with Crippen molar-refractivity contribution in [3.05, 3.63) is 0 Å². The van der Waals surface area contributed by atoms with E-state index < -0.39 is 10.2 Å². The summed E-state index contributed by atoms with van der Waals surface area (Å²) in [6.45, 7) is 0.475. The van der Waals surface area contributed by atoms with Crippen LogP contribution >= 0.6 is 0 Å². The van der Waals surface area contributed by atoms with Crippen LogP contribution in [0.3, 0.4) is 0 Å². The summed E-state index contributed by atoms with van der Waals surface area (Å²) in [5.41, 5.74) is 0.